The summed E-state index contributed by atoms with van der Waals surface area (Å²) in [5, 5.41) is 0. The fourth-order valence-corrected chi connectivity index (χ4v) is 3.21. The average Bonchev–Trinajstić information content (AvgIpc) is 2.90. The molecule has 6 nitrogen and oxygen atoms in total. The number of ether oxygens (including phenoxy) is 2. The highest BCUT2D eigenvalue weighted by atomic mass is 16.5. The number of hydrogen-bond acceptors (Lipinski definition) is 4. The van der Waals surface area contributed by atoms with Crippen molar-refractivity contribution in [2.75, 3.05) is 47.9 Å². The monoisotopic (exact) mass is 348 g/mol. The highest BCUT2D eigenvalue weighted by molar-refractivity contribution is 5.78. The van der Waals surface area contributed by atoms with Crippen molar-refractivity contribution in [3.63, 3.8) is 0 Å². The number of guanidine groups is 1. The van der Waals surface area contributed by atoms with Gasteiger partial charge in [0.05, 0.1) is 26.8 Å². The maximum Gasteiger partial charge on any atom is 0.191 e. The number of rotatable bonds is 6. The summed E-state index contributed by atoms with van der Waals surface area (Å²) in [6.07, 6.45) is 4.97. The molecule has 0 spiro atoms. The van der Waals surface area contributed by atoms with Crippen LogP contribution >= 0.6 is 0 Å². The standard InChI is InChI=1S/C19H32N4O2/c1-22(2)16(15-9-10-17(24-3)18(13-15)25-4)14-21-19(20)23-11-7-5-6-8-12-23/h9-10,13,16H,5-8,11-12,14H2,1-4H3,(H2,20,21). The number of methoxy groups -OCH3 is 2. The lowest BCUT2D eigenvalue weighted by Gasteiger charge is -2.26. The summed E-state index contributed by atoms with van der Waals surface area (Å²) in [5.41, 5.74) is 7.39. The first-order valence-corrected chi connectivity index (χ1v) is 9.00. The molecule has 1 atom stereocenters. The summed E-state index contributed by atoms with van der Waals surface area (Å²) in [4.78, 5) is 9.06. The molecule has 0 aliphatic carbocycles. The molecule has 1 aromatic rings. The van der Waals surface area contributed by atoms with E-state index in [1.165, 1.54) is 25.7 Å². The Bertz CT molecular complexity index is 567. The number of aliphatic imine (C=N–C) groups is 1. The zero-order valence-corrected chi connectivity index (χ0v) is 16.0. The van der Waals surface area contributed by atoms with Gasteiger partial charge in [0.2, 0.25) is 0 Å². The number of benzene rings is 1. The third kappa shape index (κ3) is 5.26. The number of nitrogens with two attached hydrogens (primary N) is 1. The van der Waals surface area contributed by atoms with Gasteiger partial charge in [0.25, 0.3) is 0 Å². The molecule has 1 unspecified atom stereocenters. The van der Waals surface area contributed by atoms with Crippen molar-refractivity contribution >= 4 is 5.96 Å². The summed E-state index contributed by atoms with van der Waals surface area (Å²) < 4.78 is 10.8. The Labute approximate surface area is 151 Å². The zero-order chi connectivity index (χ0) is 18.2. The minimum absolute atomic E-state index is 0.130. The third-order valence-electron chi connectivity index (χ3n) is 4.77. The third-order valence-corrected chi connectivity index (χ3v) is 4.77. The van der Waals surface area contributed by atoms with Gasteiger partial charge in [0.1, 0.15) is 0 Å². The second-order valence-electron chi connectivity index (χ2n) is 6.69. The molecular weight excluding hydrogens is 316 g/mol. The van der Waals surface area contributed by atoms with Crippen molar-refractivity contribution in [3.05, 3.63) is 23.8 Å². The molecule has 6 heteroatoms. The van der Waals surface area contributed by atoms with Gasteiger partial charge < -0.3 is 25.0 Å². The van der Waals surface area contributed by atoms with E-state index in [0.29, 0.717) is 12.5 Å². The van der Waals surface area contributed by atoms with E-state index in [-0.39, 0.29) is 6.04 Å². The van der Waals surface area contributed by atoms with Crippen molar-refractivity contribution in [2.24, 2.45) is 10.7 Å². The molecule has 2 N–H and O–H groups in total. The Morgan fingerprint density at radius 1 is 1.12 bits per heavy atom. The normalized spacial score (nSPS) is 17.3. The molecule has 2 rings (SSSR count). The summed E-state index contributed by atoms with van der Waals surface area (Å²) in [6.45, 7) is 2.64. The second kappa shape index (κ2) is 9.51. The van der Waals surface area contributed by atoms with E-state index in [1.54, 1.807) is 14.2 Å². The Morgan fingerprint density at radius 2 is 1.76 bits per heavy atom. The summed E-state index contributed by atoms with van der Waals surface area (Å²) in [7, 11) is 7.41. The summed E-state index contributed by atoms with van der Waals surface area (Å²) in [5.74, 6) is 2.13. The maximum absolute atomic E-state index is 6.26. The van der Waals surface area contributed by atoms with Crippen LogP contribution in [0.15, 0.2) is 23.2 Å². The molecule has 0 radical (unpaired) electrons. The topological polar surface area (TPSA) is 63.3 Å². The molecule has 1 saturated heterocycles. The number of likely N-dealkylation sites (tertiary alicyclic amines) is 1. The molecule has 25 heavy (non-hydrogen) atoms. The van der Waals surface area contributed by atoms with Crippen LogP contribution in [0.1, 0.15) is 37.3 Å². The molecule has 1 fully saturated rings. The van der Waals surface area contributed by atoms with E-state index in [1.807, 2.05) is 12.1 Å². The van der Waals surface area contributed by atoms with Crippen LogP contribution in [0.4, 0.5) is 0 Å². The molecule has 0 saturated carbocycles. The van der Waals surface area contributed by atoms with Crippen molar-refractivity contribution < 1.29 is 9.47 Å². The maximum atomic E-state index is 6.26. The van der Waals surface area contributed by atoms with Crippen LogP contribution in [-0.4, -0.2) is 63.7 Å². The molecule has 1 aromatic carbocycles. The lowest BCUT2D eigenvalue weighted by molar-refractivity contribution is 0.302. The molecule has 0 amide bonds. The molecule has 1 heterocycles. The smallest absolute Gasteiger partial charge is 0.191 e. The lowest BCUT2D eigenvalue weighted by Crippen LogP contribution is -2.38. The minimum Gasteiger partial charge on any atom is -0.493 e. The number of likely N-dealkylation sites (N-methyl/N-ethyl adjacent to an activating group) is 1. The Morgan fingerprint density at radius 3 is 2.32 bits per heavy atom. The first-order valence-electron chi connectivity index (χ1n) is 9.00. The summed E-state index contributed by atoms with van der Waals surface area (Å²) in [6, 6.07) is 6.14. The SMILES string of the molecule is COc1ccc(C(CN=C(N)N2CCCCCC2)N(C)C)cc1OC. The summed E-state index contributed by atoms with van der Waals surface area (Å²) >= 11 is 0. The fourth-order valence-electron chi connectivity index (χ4n) is 3.21. The minimum atomic E-state index is 0.130. The zero-order valence-electron chi connectivity index (χ0n) is 16.0. The number of nitrogens with zero attached hydrogens (tertiary/aromatic N) is 3. The van der Waals surface area contributed by atoms with Crippen LogP contribution in [0.25, 0.3) is 0 Å². The van der Waals surface area contributed by atoms with Crippen LogP contribution < -0.4 is 15.2 Å². The van der Waals surface area contributed by atoms with Crippen LogP contribution in [0.5, 0.6) is 11.5 Å². The highest BCUT2D eigenvalue weighted by Crippen LogP contribution is 2.31. The Kier molecular flexibility index (Phi) is 7.37. The van der Waals surface area contributed by atoms with Gasteiger partial charge in [-0.05, 0) is 44.6 Å². The van der Waals surface area contributed by atoms with Crippen LogP contribution in [-0.2, 0) is 0 Å². The average molecular weight is 348 g/mol. The Balaban J connectivity index is 2.13. The van der Waals surface area contributed by atoms with Crippen LogP contribution in [0.2, 0.25) is 0 Å². The number of hydrogen-bond donors (Lipinski definition) is 1. The van der Waals surface area contributed by atoms with E-state index in [4.69, 9.17) is 20.2 Å². The van der Waals surface area contributed by atoms with Crippen molar-refractivity contribution in [3.8, 4) is 11.5 Å². The first kappa shape index (κ1) is 19.4. The van der Waals surface area contributed by atoms with Gasteiger partial charge in [-0.2, -0.15) is 0 Å². The van der Waals surface area contributed by atoms with Gasteiger partial charge >= 0.3 is 0 Å². The largest absolute Gasteiger partial charge is 0.493 e. The van der Waals surface area contributed by atoms with Crippen molar-refractivity contribution in [2.45, 2.75) is 31.7 Å². The van der Waals surface area contributed by atoms with E-state index >= 15 is 0 Å². The van der Waals surface area contributed by atoms with Gasteiger partial charge in [-0.25, -0.2) is 0 Å². The highest BCUT2D eigenvalue weighted by Gasteiger charge is 2.18. The van der Waals surface area contributed by atoms with Crippen LogP contribution in [0.3, 0.4) is 0 Å². The molecule has 140 valence electrons. The van der Waals surface area contributed by atoms with Gasteiger partial charge in [-0.15, -0.1) is 0 Å². The quantitative estimate of drug-likeness (QED) is 0.632. The Hall–Kier alpha value is -1.95. The molecule has 1 aliphatic rings. The lowest BCUT2D eigenvalue weighted by atomic mass is 10.1. The fraction of sp³-hybridized carbons (Fsp3) is 0.632. The van der Waals surface area contributed by atoms with E-state index in [2.05, 4.69) is 30.0 Å². The molecule has 0 aromatic heterocycles. The first-order chi connectivity index (χ1) is 12.1. The van der Waals surface area contributed by atoms with Gasteiger partial charge in [-0.3, -0.25) is 4.99 Å². The van der Waals surface area contributed by atoms with Gasteiger partial charge in [-0.1, -0.05) is 18.9 Å². The van der Waals surface area contributed by atoms with Crippen molar-refractivity contribution in [1.82, 2.24) is 9.80 Å². The predicted molar refractivity (Wildman–Crippen MR) is 103 cm³/mol. The van der Waals surface area contributed by atoms with Gasteiger partial charge in [0, 0.05) is 13.1 Å². The van der Waals surface area contributed by atoms with Crippen LogP contribution in [0, 0.1) is 0 Å². The van der Waals surface area contributed by atoms with Gasteiger partial charge in [0.15, 0.2) is 17.5 Å². The van der Waals surface area contributed by atoms with E-state index in [0.717, 1.165) is 30.2 Å². The van der Waals surface area contributed by atoms with E-state index < -0.39 is 0 Å². The second-order valence-corrected chi connectivity index (χ2v) is 6.69. The predicted octanol–water partition coefficient (Wildman–Crippen LogP) is 2.50. The molecule has 1 aliphatic heterocycles. The molecule has 0 bridgehead atoms. The van der Waals surface area contributed by atoms with E-state index in [9.17, 15) is 0 Å². The molecular formula is C19H32N4O2. The van der Waals surface area contributed by atoms with Crippen molar-refractivity contribution in [1.29, 1.82) is 0 Å².